The summed E-state index contributed by atoms with van der Waals surface area (Å²) in [5.41, 5.74) is 0. The minimum absolute atomic E-state index is 0.100. The summed E-state index contributed by atoms with van der Waals surface area (Å²) in [4.78, 5) is 14.4. The lowest BCUT2D eigenvalue weighted by Crippen LogP contribution is -2.46. The summed E-state index contributed by atoms with van der Waals surface area (Å²) in [5.74, 6) is 2.94. The summed E-state index contributed by atoms with van der Waals surface area (Å²) in [7, 11) is 0. The van der Waals surface area contributed by atoms with Gasteiger partial charge in [0.05, 0.1) is 12.6 Å². The second-order valence-corrected chi connectivity index (χ2v) is 5.50. The van der Waals surface area contributed by atoms with Crippen molar-refractivity contribution < 1.29 is 9.32 Å². The third-order valence-electron chi connectivity index (χ3n) is 3.98. The van der Waals surface area contributed by atoms with Crippen molar-refractivity contribution in [1.29, 1.82) is 0 Å². The fourth-order valence-electron chi connectivity index (χ4n) is 2.65. The minimum atomic E-state index is -0.271. The highest BCUT2D eigenvalue weighted by atomic mass is 16.5. The third-order valence-corrected chi connectivity index (χ3v) is 3.98. The van der Waals surface area contributed by atoms with Crippen LogP contribution in [0.4, 0.5) is 5.82 Å². The van der Waals surface area contributed by atoms with Crippen LogP contribution < -0.4 is 5.32 Å². The smallest absolute Gasteiger partial charge is 0.242 e. The second kappa shape index (κ2) is 5.88. The van der Waals surface area contributed by atoms with E-state index < -0.39 is 0 Å². The van der Waals surface area contributed by atoms with Gasteiger partial charge >= 0.3 is 0 Å². The van der Waals surface area contributed by atoms with Gasteiger partial charge in [0.2, 0.25) is 5.91 Å². The SMILES string of the molecule is CCc1nnc2n1CCN([C@@H](C)C(=O)Nc1cc(C)on1)C2. The van der Waals surface area contributed by atoms with Gasteiger partial charge in [0.15, 0.2) is 5.82 Å². The molecule has 22 heavy (non-hydrogen) atoms. The molecule has 1 N–H and O–H groups in total. The number of nitrogens with zero attached hydrogens (tertiary/aromatic N) is 5. The topological polar surface area (TPSA) is 89.1 Å². The van der Waals surface area contributed by atoms with Crippen LogP contribution in [0.2, 0.25) is 0 Å². The summed E-state index contributed by atoms with van der Waals surface area (Å²) in [5, 5.41) is 15.0. The molecular weight excluding hydrogens is 284 g/mol. The predicted octanol–water partition coefficient (Wildman–Crippen LogP) is 0.980. The van der Waals surface area contributed by atoms with E-state index in [1.54, 1.807) is 13.0 Å². The first-order valence-electron chi connectivity index (χ1n) is 7.47. The molecule has 8 heteroatoms. The number of amides is 1. The van der Waals surface area contributed by atoms with Crippen LogP contribution in [0, 0.1) is 6.92 Å². The molecule has 3 rings (SSSR count). The zero-order valence-corrected chi connectivity index (χ0v) is 13.0. The number of hydrogen-bond donors (Lipinski definition) is 1. The molecule has 0 saturated carbocycles. The lowest BCUT2D eigenvalue weighted by atomic mass is 10.2. The fourth-order valence-corrected chi connectivity index (χ4v) is 2.65. The second-order valence-electron chi connectivity index (χ2n) is 5.50. The summed E-state index contributed by atoms with van der Waals surface area (Å²) >= 11 is 0. The monoisotopic (exact) mass is 304 g/mol. The molecule has 8 nitrogen and oxygen atoms in total. The molecule has 1 aliphatic heterocycles. The number of nitrogens with one attached hydrogen (secondary N) is 1. The number of fused-ring (bicyclic) bond motifs is 1. The number of aromatic nitrogens is 4. The van der Waals surface area contributed by atoms with Crippen LogP contribution in [0.1, 0.15) is 31.3 Å². The van der Waals surface area contributed by atoms with Gasteiger partial charge in [0.25, 0.3) is 0 Å². The first-order valence-corrected chi connectivity index (χ1v) is 7.47. The van der Waals surface area contributed by atoms with Crippen molar-refractivity contribution in [3.63, 3.8) is 0 Å². The van der Waals surface area contributed by atoms with Gasteiger partial charge in [-0.3, -0.25) is 9.69 Å². The summed E-state index contributed by atoms with van der Waals surface area (Å²) in [6, 6.07) is 1.43. The first kappa shape index (κ1) is 14.7. The molecule has 0 bridgehead atoms. The van der Waals surface area contributed by atoms with Crippen LogP contribution >= 0.6 is 0 Å². The molecule has 0 radical (unpaired) electrons. The van der Waals surface area contributed by atoms with Gasteiger partial charge < -0.3 is 14.4 Å². The molecule has 2 aromatic heterocycles. The highest BCUT2D eigenvalue weighted by molar-refractivity contribution is 5.93. The number of carbonyl (C=O) groups is 1. The predicted molar refractivity (Wildman–Crippen MR) is 79.1 cm³/mol. The van der Waals surface area contributed by atoms with E-state index >= 15 is 0 Å². The molecule has 118 valence electrons. The Morgan fingerprint density at radius 2 is 2.27 bits per heavy atom. The average Bonchev–Trinajstić information content (AvgIpc) is 3.11. The number of hydrogen-bond acceptors (Lipinski definition) is 6. The van der Waals surface area contributed by atoms with Gasteiger partial charge in [-0.05, 0) is 13.8 Å². The maximum Gasteiger partial charge on any atom is 0.242 e. The number of carbonyl (C=O) groups excluding carboxylic acids is 1. The van der Waals surface area contributed by atoms with Crippen molar-refractivity contribution in [1.82, 2.24) is 24.8 Å². The van der Waals surface area contributed by atoms with Crippen LogP contribution in [0.15, 0.2) is 10.6 Å². The normalized spacial score (nSPS) is 16.3. The highest BCUT2D eigenvalue weighted by Gasteiger charge is 2.28. The van der Waals surface area contributed by atoms with E-state index in [4.69, 9.17) is 4.52 Å². The third kappa shape index (κ3) is 2.74. The Bertz CT molecular complexity index is 677. The Kier molecular flexibility index (Phi) is 3.93. The van der Waals surface area contributed by atoms with Gasteiger partial charge in [-0.1, -0.05) is 12.1 Å². The van der Waals surface area contributed by atoms with Gasteiger partial charge in [-0.25, -0.2) is 0 Å². The van der Waals surface area contributed by atoms with Crippen molar-refractivity contribution in [3.05, 3.63) is 23.5 Å². The molecule has 1 atom stereocenters. The van der Waals surface area contributed by atoms with E-state index in [2.05, 4.69) is 37.1 Å². The lowest BCUT2D eigenvalue weighted by Gasteiger charge is -2.31. The summed E-state index contributed by atoms with van der Waals surface area (Å²) in [6.45, 7) is 7.97. The summed E-state index contributed by atoms with van der Waals surface area (Å²) in [6.07, 6.45) is 0.870. The molecule has 0 aromatic carbocycles. The Morgan fingerprint density at radius 3 is 2.95 bits per heavy atom. The molecule has 1 amide bonds. The van der Waals surface area contributed by atoms with Crippen molar-refractivity contribution in [2.24, 2.45) is 0 Å². The largest absolute Gasteiger partial charge is 0.360 e. The molecule has 0 unspecified atom stereocenters. The molecular formula is C14H20N6O2. The van der Waals surface area contributed by atoms with Gasteiger partial charge in [-0.2, -0.15) is 0 Å². The zero-order valence-electron chi connectivity index (χ0n) is 13.0. The van der Waals surface area contributed by atoms with Crippen molar-refractivity contribution >= 4 is 11.7 Å². The Morgan fingerprint density at radius 1 is 1.45 bits per heavy atom. The van der Waals surface area contributed by atoms with E-state index in [-0.39, 0.29) is 11.9 Å². The van der Waals surface area contributed by atoms with Crippen LogP contribution in [0.3, 0.4) is 0 Å². The zero-order chi connectivity index (χ0) is 15.7. The maximum absolute atomic E-state index is 12.3. The van der Waals surface area contributed by atoms with Gasteiger partial charge in [-0.15, -0.1) is 10.2 Å². The Labute approximate surface area is 128 Å². The van der Waals surface area contributed by atoms with Gasteiger partial charge in [0, 0.05) is 25.6 Å². The Balaban J connectivity index is 1.65. The van der Waals surface area contributed by atoms with Crippen molar-refractivity contribution in [2.45, 2.75) is 46.3 Å². The molecule has 3 heterocycles. The average molecular weight is 304 g/mol. The van der Waals surface area contributed by atoms with E-state index in [0.29, 0.717) is 18.1 Å². The minimum Gasteiger partial charge on any atom is -0.360 e. The fraction of sp³-hybridized carbons (Fsp3) is 0.571. The lowest BCUT2D eigenvalue weighted by molar-refractivity contribution is -0.121. The number of anilines is 1. The van der Waals surface area contributed by atoms with E-state index in [1.165, 1.54) is 0 Å². The summed E-state index contributed by atoms with van der Waals surface area (Å²) < 4.78 is 7.09. The van der Waals surface area contributed by atoms with Crippen molar-refractivity contribution in [3.8, 4) is 0 Å². The Hall–Kier alpha value is -2.22. The standard InChI is InChI=1S/C14H20N6O2/c1-4-12-16-17-13-8-19(5-6-20(12)13)10(3)14(21)15-11-7-9(2)22-18-11/h7,10H,4-6,8H2,1-3H3,(H,15,18,21)/t10-/m0/s1. The maximum atomic E-state index is 12.3. The quantitative estimate of drug-likeness (QED) is 0.905. The van der Waals surface area contributed by atoms with Crippen LogP contribution in [0.5, 0.6) is 0 Å². The molecule has 2 aromatic rings. The van der Waals surface area contributed by atoms with Gasteiger partial charge in [0.1, 0.15) is 17.4 Å². The van der Waals surface area contributed by atoms with E-state index in [9.17, 15) is 4.79 Å². The molecule has 0 aliphatic carbocycles. The van der Waals surface area contributed by atoms with Crippen molar-refractivity contribution in [2.75, 3.05) is 11.9 Å². The van der Waals surface area contributed by atoms with Crippen LogP contribution in [-0.2, 0) is 24.3 Å². The van der Waals surface area contributed by atoms with E-state index in [0.717, 1.165) is 31.2 Å². The first-order chi connectivity index (χ1) is 10.6. The molecule has 0 spiro atoms. The highest BCUT2D eigenvalue weighted by Crippen LogP contribution is 2.16. The number of rotatable bonds is 4. The number of aryl methyl sites for hydroxylation is 2. The molecule has 1 aliphatic rings. The van der Waals surface area contributed by atoms with E-state index in [1.807, 2.05) is 6.92 Å². The molecule has 0 fully saturated rings. The van der Waals surface area contributed by atoms with Crippen LogP contribution in [0.25, 0.3) is 0 Å². The van der Waals surface area contributed by atoms with Crippen LogP contribution in [-0.4, -0.2) is 43.3 Å². The molecule has 0 saturated heterocycles.